The van der Waals surface area contributed by atoms with Crippen LogP contribution in [-0.4, -0.2) is 36.1 Å². The first-order valence-electron chi connectivity index (χ1n) is 6.29. The van der Waals surface area contributed by atoms with Crippen LogP contribution in [-0.2, 0) is 4.79 Å². The van der Waals surface area contributed by atoms with E-state index < -0.39 is 0 Å². The zero-order valence-corrected chi connectivity index (χ0v) is 12.3. The van der Waals surface area contributed by atoms with Gasteiger partial charge in [-0.15, -0.1) is 11.3 Å². The van der Waals surface area contributed by atoms with Crippen molar-refractivity contribution >= 4 is 23.2 Å². The minimum atomic E-state index is -0.313. The number of aliphatic hydroxyl groups is 1. The van der Waals surface area contributed by atoms with Gasteiger partial charge in [-0.05, 0) is 25.3 Å². The second kappa shape index (κ2) is 8.35. The van der Waals surface area contributed by atoms with Gasteiger partial charge in [-0.3, -0.25) is 9.59 Å². The minimum Gasteiger partial charge on any atom is -0.395 e. The lowest BCUT2D eigenvalue weighted by atomic mass is 10.2. The third kappa shape index (κ3) is 5.43. The van der Waals surface area contributed by atoms with Crippen LogP contribution in [0.15, 0.2) is 11.4 Å². The van der Waals surface area contributed by atoms with Crippen LogP contribution in [0.5, 0.6) is 0 Å². The van der Waals surface area contributed by atoms with Crippen LogP contribution in [0.1, 0.15) is 35.5 Å². The lowest BCUT2D eigenvalue weighted by Gasteiger charge is -2.08. The molecular weight excluding hydrogens is 276 g/mol. The topological polar surface area (TPSA) is 78.4 Å². The number of nitrogens with one attached hydrogen (secondary N) is 2. The summed E-state index contributed by atoms with van der Waals surface area (Å²) in [4.78, 5) is 23.9. The standard InChI is InChI=1S/C14H18N2O3S/c1-10(2)16-12(18)9-15-14(19)13-11(6-8-20-13)5-3-4-7-17/h6,8,10,17H,4,7,9H2,1-2H3,(H,15,19)(H,16,18). The number of thiophene rings is 1. The summed E-state index contributed by atoms with van der Waals surface area (Å²) in [6.45, 7) is 3.65. The molecule has 0 bridgehead atoms. The normalized spacial score (nSPS) is 9.80. The van der Waals surface area contributed by atoms with E-state index in [9.17, 15) is 9.59 Å². The average Bonchev–Trinajstić information content (AvgIpc) is 2.84. The smallest absolute Gasteiger partial charge is 0.263 e. The number of hydrogen-bond acceptors (Lipinski definition) is 4. The van der Waals surface area contributed by atoms with Gasteiger partial charge in [0.25, 0.3) is 5.91 Å². The number of hydrogen-bond donors (Lipinski definition) is 3. The summed E-state index contributed by atoms with van der Waals surface area (Å²) >= 11 is 1.27. The molecule has 0 aliphatic rings. The van der Waals surface area contributed by atoms with Gasteiger partial charge in [0.15, 0.2) is 0 Å². The molecule has 0 saturated heterocycles. The van der Waals surface area contributed by atoms with Gasteiger partial charge in [-0.2, -0.15) is 0 Å². The molecule has 5 nitrogen and oxygen atoms in total. The molecule has 0 unspecified atom stereocenters. The van der Waals surface area contributed by atoms with E-state index in [-0.39, 0.29) is 31.0 Å². The quantitative estimate of drug-likeness (QED) is 0.701. The first kappa shape index (κ1) is 16.2. The van der Waals surface area contributed by atoms with Gasteiger partial charge >= 0.3 is 0 Å². The summed E-state index contributed by atoms with van der Waals surface area (Å²) in [6.07, 6.45) is 0.369. The highest BCUT2D eigenvalue weighted by atomic mass is 32.1. The molecule has 20 heavy (non-hydrogen) atoms. The van der Waals surface area contributed by atoms with Gasteiger partial charge < -0.3 is 15.7 Å². The molecular formula is C14H18N2O3S. The SMILES string of the molecule is CC(C)NC(=O)CNC(=O)c1sccc1C#CCCO. The molecule has 0 aliphatic carbocycles. The van der Waals surface area contributed by atoms with Crippen molar-refractivity contribution in [2.24, 2.45) is 0 Å². The lowest BCUT2D eigenvalue weighted by Crippen LogP contribution is -2.39. The largest absolute Gasteiger partial charge is 0.395 e. The fraction of sp³-hybridized carbons (Fsp3) is 0.429. The Balaban J connectivity index is 2.59. The number of carbonyl (C=O) groups excluding carboxylic acids is 2. The highest BCUT2D eigenvalue weighted by Gasteiger charge is 2.13. The van der Waals surface area contributed by atoms with Crippen molar-refractivity contribution in [1.82, 2.24) is 10.6 Å². The molecule has 0 atom stereocenters. The molecule has 0 saturated carbocycles. The Bertz CT molecular complexity index is 526. The van der Waals surface area contributed by atoms with Crippen LogP contribution >= 0.6 is 11.3 Å². The Hall–Kier alpha value is -1.84. The van der Waals surface area contributed by atoms with Crippen LogP contribution in [0.2, 0.25) is 0 Å². The maximum absolute atomic E-state index is 12.0. The Morgan fingerprint density at radius 2 is 2.20 bits per heavy atom. The van der Waals surface area contributed by atoms with Crippen molar-refractivity contribution in [3.63, 3.8) is 0 Å². The van der Waals surface area contributed by atoms with Crippen molar-refractivity contribution in [3.05, 3.63) is 21.9 Å². The van der Waals surface area contributed by atoms with Crippen molar-refractivity contribution in [2.45, 2.75) is 26.3 Å². The van der Waals surface area contributed by atoms with E-state index in [1.54, 1.807) is 11.4 Å². The van der Waals surface area contributed by atoms with Gasteiger partial charge in [0, 0.05) is 18.0 Å². The van der Waals surface area contributed by atoms with E-state index in [1.165, 1.54) is 11.3 Å². The van der Waals surface area contributed by atoms with Gasteiger partial charge in [-0.1, -0.05) is 11.8 Å². The van der Waals surface area contributed by atoms with Gasteiger partial charge in [0.1, 0.15) is 4.88 Å². The molecule has 1 rings (SSSR count). The highest BCUT2D eigenvalue weighted by Crippen LogP contribution is 2.15. The van der Waals surface area contributed by atoms with Crippen molar-refractivity contribution in [3.8, 4) is 11.8 Å². The maximum atomic E-state index is 12.0. The molecule has 1 aromatic heterocycles. The second-order valence-corrected chi connectivity index (χ2v) is 5.26. The maximum Gasteiger partial charge on any atom is 0.263 e. The molecule has 0 aromatic carbocycles. The third-order valence-corrected chi connectivity index (χ3v) is 3.10. The fourth-order valence-electron chi connectivity index (χ4n) is 1.41. The Kier molecular flexibility index (Phi) is 6.77. The zero-order chi connectivity index (χ0) is 15.0. The number of rotatable bonds is 5. The van der Waals surface area contributed by atoms with Crippen LogP contribution in [0.4, 0.5) is 0 Å². The molecule has 2 amide bonds. The summed E-state index contributed by atoms with van der Waals surface area (Å²) in [5, 5.41) is 15.7. The van der Waals surface area contributed by atoms with Gasteiger partial charge in [0.2, 0.25) is 5.91 Å². The van der Waals surface area contributed by atoms with Crippen LogP contribution in [0.3, 0.4) is 0 Å². The molecule has 0 aliphatic heterocycles. The summed E-state index contributed by atoms with van der Waals surface area (Å²) in [7, 11) is 0. The van der Waals surface area contributed by atoms with Crippen molar-refractivity contribution in [2.75, 3.05) is 13.2 Å². The van der Waals surface area contributed by atoms with E-state index in [0.29, 0.717) is 16.9 Å². The lowest BCUT2D eigenvalue weighted by molar-refractivity contribution is -0.120. The molecule has 108 valence electrons. The number of amides is 2. The van der Waals surface area contributed by atoms with E-state index >= 15 is 0 Å². The predicted octanol–water partition coefficient (Wildman–Crippen LogP) is 0.736. The molecule has 0 fully saturated rings. The third-order valence-electron chi connectivity index (χ3n) is 2.19. The molecule has 6 heteroatoms. The van der Waals surface area contributed by atoms with E-state index in [0.717, 1.165) is 0 Å². The molecule has 1 aromatic rings. The van der Waals surface area contributed by atoms with Gasteiger partial charge in [0.05, 0.1) is 13.2 Å². The van der Waals surface area contributed by atoms with E-state index in [1.807, 2.05) is 13.8 Å². The molecule has 1 heterocycles. The van der Waals surface area contributed by atoms with Crippen LogP contribution < -0.4 is 10.6 Å². The van der Waals surface area contributed by atoms with E-state index in [2.05, 4.69) is 22.5 Å². The zero-order valence-electron chi connectivity index (χ0n) is 11.5. The summed E-state index contributed by atoms with van der Waals surface area (Å²) in [5.41, 5.74) is 0.616. The second-order valence-electron chi connectivity index (χ2n) is 4.34. The first-order chi connectivity index (χ1) is 9.54. The predicted molar refractivity (Wildman–Crippen MR) is 78.5 cm³/mol. The first-order valence-corrected chi connectivity index (χ1v) is 7.17. The molecule has 0 spiro atoms. The summed E-state index contributed by atoms with van der Waals surface area (Å²) < 4.78 is 0. The number of carbonyl (C=O) groups is 2. The average molecular weight is 294 g/mol. The summed E-state index contributed by atoms with van der Waals surface area (Å²) in [5.74, 6) is 5.07. The summed E-state index contributed by atoms with van der Waals surface area (Å²) in [6, 6.07) is 1.79. The van der Waals surface area contributed by atoms with Gasteiger partial charge in [-0.25, -0.2) is 0 Å². The monoisotopic (exact) mass is 294 g/mol. The molecule has 0 radical (unpaired) electrons. The number of aliphatic hydroxyl groups excluding tert-OH is 1. The van der Waals surface area contributed by atoms with Crippen LogP contribution in [0.25, 0.3) is 0 Å². The fourth-order valence-corrected chi connectivity index (χ4v) is 2.18. The van der Waals surface area contributed by atoms with Crippen molar-refractivity contribution < 1.29 is 14.7 Å². The Morgan fingerprint density at radius 1 is 1.45 bits per heavy atom. The highest BCUT2D eigenvalue weighted by molar-refractivity contribution is 7.12. The Labute approximate surface area is 122 Å². The molecule has 3 N–H and O–H groups in total. The van der Waals surface area contributed by atoms with E-state index in [4.69, 9.17) is 5.11 Å². The Morgan fingerprint density at radius 3 is 2.85 bits per heavy atom. The minimum absolute atomic E-state index is 0.00591. The van der Waals surface area contributed by atoms with Crippen molar-refractivity contribution in [1.29, 1.82) is 0 Å². The van der Waals surface area contributed by atoms with Crippen LogP contribution in [0, 0.1) is 11.8 Å².